The highest BCUT2D eigenvalue weighted by Gasteiger charge is 2.47. The second kappa shape index (κ2) is 6.98. The molecular formula is C20H19F3N4O2. The molecule has 152 valence electrons. The Morgan fingerprint density at radius 3 is 2.72 bits per heavy atom. The second-order valence-corrected chi connectivity index (χ2v) is 7.14. The molecule has 0 bridgehead atoms. The molecule has 0 radical (unpaired) electrons. The summed E-state index contributed by atoms with van der Waals surface area (Å²) in [5, 5.41) is 9.65. The van der Waals surface area contributed by atoms with E-state index in [1.54, 1.807) is 18.2 Å². The predicted molar refractivity (Wildman–Crippen MR) is 101 cm³/mol. The van der Waals surface area contributed by atoms with Gasteiger partial charge in [-0.15, -0.1) is 0 Å². The summed E-state index contributed by atoms with van der Waals surface area (Å²) in [6.07, 6.45) is -3.40. The van der Waals surface area contributed by atoms with E-state index in [0.29, 0.717) is 11.4 Å². The van der Waals surface area contributed by atoms with E-state index in [0.717, 1.165) is 15.8 Å². The van der Waals surface area contributed by atoms with Gasteiger partial charge in [0.1, 0.15) is 11.6 Å². The Kier molecular flexibility index (Phi) is 4.60. The van der Waals surface area contributed by atoms with Gasteiger partial charge < -0.3 is 15.1 Å². The molecule has 3 aromatic rings. The Morgan fingerprint density at radius 2 is 2.07 bits per heavy atom. The molecule has 9 heteroatoms. The average Bonchev–Trinajstić information content (AvgIpc) is 3.31. The average molecular weight is 404 g/mol. The van der Waals surface area contributed by atoms with E-state index in [2.05, 4.69) is 15.7 Å². The van der Waals surface area contributed by atoms with Gasteiger partial charge in [0.25, 0.3) is 5.91 Å². The molecule has 3 heterocycles. The Bertz CT molecular complexity index is 1040. The molecule has 1 aliphatic heterocycles. The quantitative estimate of drug-likeness (QED) is 0.644. The molecule has 0 unspecified atom stereocenters. The third kappa shape index (κ3) is 3.72. The van der Waals surface area contributed by atoms with Crippen LogP contribution in [0.3, 0.4) is 0 Å². The number of carbonyl (C=O) groups is 1. The molecule has 4 rings (SSSR count). The van der Waals surface area contributed by atoms with Crippen LogP contribution in [0.4, 0.5) is 24.7 Å². The predicted octanol–water partition coefficient (Wildman–Crippen LogP) is 5.01. The minimum atomic E-state index is -4.52. The number of halogens is 3. The van der Waals surface area contributed by atoms with Gasteiger partial charge in [-0.3, -0.25) is 4.79 Å². The number of alkyl halides is 3. The van der Waals surface area contributed by atoms with Crippen LogP contribution >= 0.6 is 0 Å². The number of fused-ring (bicyclic) bond motifs is 1. The monoisotopic (exact) mass is 404 g/mol. The highest BCUT2D eigenvalue weighted by molar-refractivity contribution is 6.03. The molecule has 2 N–H and O–H groups in total. The van der Waals surface area contributed by atoms with Gasteiger partial charge in [0.2, 0.25) is 0 Å². The first-order valence-corrected chi connectivity index (χ1v) is 9.07. The van der Waals surface area contributed by atoms with E-state index in [4.69, 9.17) is 4.42 Å². The zero-order chi connectivity index (χ0) is 20.8. The number of hydrogen-bond acceptors (Lipinski definition) is 4. The van der Waals surface area contributed by atoms with Crippen LogP contribution in [-0.2, 0) is 0 Å². The van der Waals surface area contributed by atoms with Crippen LogP contribution in [-0.4, -0.2) is 21.9 Å². The lowest BCUT2D eigenvalue weighted by atomic mass is 10.0. The smallest absolute Gasteiger partial charge is 0.410 e. The SMILES string of the molecule is Cc1ccc(NC(=O)c2cc3n(n2)[C@H](C(F)(F)F)C[C@@H](c2ccco2)N3)c(C)c1. The molecule has 0 saturated carbocycles. The topological polar surface area (TPSA) is 72.1 Å². The lowest BCUT2D eigenvalue weighted by Crippen LogP contribution is -2.35. The minimum absolute atomic E-state index is 0.0955. The highest BCUT2D eigenvalue weighted by atomic mass is 19.4. The van der Waals surface area contributed by atoms with Crippen molar-refractivity contribution in [1.29, 1.82) is 0 Å². The van der Waals surface area contributed by atoms with E-state index >= 15 is 0 Å². The van der Waals surface area contributed by atoms with Crippen LogP contribution < -0.4 is 10.6 Å². The number of aromatic nitrogens is 2. The van der Waals surface area contributed by atoms with Crippen molar-refractivity contribution in [2.75, 3.05) is 10.6 Å². The van der Waals surface area contributed by atoms with E-state index in [-0.39, 0.29) is 17.9 Å². The van der Waals surface area contributed by atoms with Crippen LogP contribution in [0.25, 0.3) is 0 Å². The van der Waals surface area contributed by atoms with Gasteiger partial charge in [-0.1, -0.05) is 17.7 Å². The molecular weight excluding hydrogens is 385 g/mol. The zero-order valence-corrected chi connectivity index (χ0v) is 15.7. The number of rotatable bonds is 3. The standard InChI is InChI=1S/C20H19F3N4O2/c1-11-5-6-13(12(2)8-11)25-19(28)15-10-18-24-14(16-4-3-7-29-16)9-17(20(21,22)23)27(18)26-15/h3-8,10,14,17,24H,9H2,1-2H3,(H,25,28)/t14-,17-/m0/s1. The van der Waals surface area contributed by atoms with Crippen LogP contribution in [0.2, 0.25) is 0 Å². The molecule has 1 aliphatic rings. The summed E-state index contributed by atoms with van der Waals surface area (Å²) in [5.41, 5.74) is 2.38. The van der Waals surface area contributed by atoms with Crippen molar-refractivity contribution in [3.63, 3.8) is 0 Å². The van der Waals surface area contributed by atoms with Crippen molar-refractivity contribution >= 4 is 17.4 Å². The maximum Gasteiger partial charge on any atom is 0.410 e. The highest BCUT2D eigenvalue weighted by Crippen LogP contribution is 2.43. The first-order chi connectivity index (χ1) is 13.7. The maximum absolute atomic E-state index is 13.7. The summed E-state index contributed by atoms with van der Waals surface area (Å²) in [6, 6.07) is 7.53. The van der Waals surface area contributed by atoms with Gasteiger partial charge in [0.15, 0.2) is 11.7 Å². The lowest BCUT2D eigenvalue weighted by Gasteiger charge is -2.32. The van der Waals surface area contributed by atoms with Crippen molar-refractivity contribution in [3.8, 4) is 0 Å². The molecule has 1 aromatic carbocycles. The van der Waals surface area contributed by atoms with Crippen LogP contribution in [0.1, 0.15) is 45.9 Å². The molecule has 2 atom stereocenters. The Morgan fingerprint density at radius 1 is 1.28 bits per heavy atom. The van der Waals surface area contributed by atoms with Crippen molar-refractivity contribution in [2.45, 2.75) is 38.5 Å². The van der Waals surface area contributed by atoms with Crippen LogP contribution in [0.15, 0.2) is 47.1 Å². The van der Waals surface area contributed by atoms with Crippen molar-refractivity contribution in [2.24, 2.45) is 0 Å². The molecule has 0 saturated heterocycles. The number of furan rings is 1. The van der Waals surface area contributed by atoms with Crippen LogP contribution in [0.5, 0.6) is 0 Å². The molecule has 0 fully saturated rings. The minimum Gasteiger partial charge on any atom is -0.467 e. The maximum atomic E-state index is 13.7. The summed E-state index contributed by atoms with van der Waals surface area (Å²) in [7, 11) is 0. The van der Waals surface area contributed by atoms with Gasteiger partial charge in [0, 0.05) is 18.2 Å². The summed E-state index contributed by atoms with van der Waals surface area (Å²) in [6.45, 7) is 3.77. The van der Waals surface area contributed by atoms with E-state index in [9.17, 15) is 18.0 Å². The van der Waals surface area contributed by atoms with Gasteiger partial charge >= 0.3 is 6.18 Å². The fourth-order valence-corrected chi connectivity index (χ4v) is 3.50. The molecule has 0 spiro atoms. The number of carbonyl (C=O) groups excluding carboxylic acids is 1. The molecule has 6 nitrogen and oxygen atoms in total. The summed E-state index contributed by atoms with van der Waals surface area (Å²) < 4.78 is 47.1. The van der Waals surface area contributed by atoms with E-state index in [1.165, 1.54) is 12.3 Å². The lowest BCUT2D eigenvalue weighted by molar-refractivity contribution is -0.174. The summed E-state index contributed by atoms with van der Waals surface area (Å²) >= 11 is 0. The summed E-state index contributed by atoms with van der Waals surface area (Å²) in [5.74, 6) is -0.0603. The normalized spacial score (nSPS) is 18.8. The molecule has 2 aromatic heterocycles. The number of amides is 1. The first-order valence-electron chi connectivity index (χ1n) is 9.07. The van der Waals surface area contributed by atoms with E-state index in [1.807, 2.05) is 26.0 Å². The molecule has 29 heavy (non-hydrogen) atoms. The number of benzene rings is 1. The van der Waals surface area contributed by atoms with Gasteiger partial charge in [-0.05, 0) is 37.6 Å². The fraction of sp³-hybridized carbons (Fsp3) is 0.300. The number of anilines is 2. The zero-order valence-electron chi connectivity index (χ0n) is 15.7. The Labute approximate surface area is 164 Å². The third-order valence-electron chi connectivity index (χ3n) is 4.94. The molecule has 1 amide bonds. The first kappa shape index (κ1) is 19.1. The van der Waals surface area contributed by atoms with E-state index < -0.39 is 24.2 Å². The van der Waals surface area contributed by atoms with Crippen molar-refractivity contribution in [1.82, 2.24) is 9.78 Å². The molecule has 0 aliphatic carbocycles. The van der Waals surface area contributed by atoms with Gasteiger partial charge in [-0.2, -0.15) is 18.3 Å². The Hall–Kier alpha value is -3.23. The fourth-order valence-electron chi connectivity index (χ4n) is 3.50. The number of nitrogens with one attached hydrogen (secondary N) is 2. The van der Waals surface area contributed by atoms with Crippen molar-refractivity contribution in [3.05, 3.63) is 65.2 Å². The number of hydrogen-bond donors (Lipinski definition) is 2. The third-order valence-corrected chi connectivity index (χ3v) is 4.94. The van der Waals surface area contributed by atoms with Gasteiger partial charge in [-0.25, -0.2) is 4.68 Å². The second-order valence-electron chi connectivity index (χ2n) is 7.14. The van der Waals surface area contributed by atoms with Crippen molar-refractivity contribution < 1.29 is 22.4 Å². The van der Waals surface area contributed by atoms with Crippen LogP contribution in [0, 0.1) is 13.8 Å². The largest absolute Gasteiger partial charge is 0.467 e. The summed E-state index contributed by atoms with van der Waals surface area (Å²) in [4.78, 5) is 12.6. The number of nitrogens with zero attached hydrogens (tertiary/aromatic N) is 2. The van der Waals surface area contributed by atoms with Gasteiger partial charge in [0.05, 0.1) is 12.3 Å². The Balaban J connectivity index is 1.64. The number of aryl methyl sites for hydroxylation is 2.